The summed E-state index contributed by atoms with van der Waals surface area (Å²) in [6.45, 7) is 0.943. The summed E-state index contributed by atoms with van der Waals surface area (Å²) in [4.78, 5) is 36.3. The topological polar surface area (TPSA) is 115 Å². The van der Waals surface area contributed by atoms with Crippen molar-refractivity contribution in [3.05, 3.63) is 74.6 Å². The van der Waals surface area contributed by atoms with Crippen molar-refractivity contribution in [1.82, 2.24) is 4.90 Å². The molecule has 1 N–H and O–H groups in total. The van der Waals surface area contributed by atoms with Gasteiger partial charge in [0.25, 0.3) is 5.91 Å². The van der Waals surface area contributed by atoms with E-state index in [0.717, 1.165) is 5.39 Å². The molecule has 0 aliphatic carbocycles. The van der Waals surface area contributed by atoms with Crippen LogP contribution in [0, 0.1) is 10.1 Å². The number of para-hydroxylation sites is 1. The van der Waals surface area contributed by atoms with E-state index in [1.54, 1.807) is 19.2 Å². The monoisotopic (exact) mass is 411 g/mol. The van der Waals surface area contributed by atoms with Gasteiger partial charge < -0.3 is 19.4 Å². The molecule has 0 aliphatic rings. The molecule has 1 aromatic heterocycles. The van der Waals surface area contributed by atoms with Gasteiger partial charge in [0.15, 0.2) is 5.75 Å². The molecule has 0 saturated carbocycles. The average Bonchev–Trinajstić information content (AvgIpc) is 2.75. The lowest BCUT2D eigenvalue weighted by molar-refractivity contribution is -0.385. The molecule has 0 spiro atoms. The predicted octanol–water partition coefficient (Wildman–Crippen LogP) is 3.28. The number of nitrogens with zero attached hydrogens (tertiary/aromatic N) is 2. The summed E-state index contributed by atoms with van der Waals surface area (Å²) in [5.41, 5.74) is 0.685. The van der Waals surface area contributed by atoms with Crippen LogP contribution < -0.4 is 15.7 Å². The van der Waals surface area contributed by atoms with Crippen molar-refractivity contribution in [2.24, 2.45) is 0 Å². The summed E-state index contributed by atoms with van der Waals surface area (Å²) >= 11 is 0. The summed E-state index contributed by atoms with van der Waals surface area (Å²) in [6, 6.07) is 12.7. The van der Waals surface area contributed by atoms with Crippen LogP contribution in [0.25, 0.3) is 11.0 Å². The normalized spacial score (nSPS) is 10.6. The Morgan fingerprint density at radius 1 is 1.23 bits per heavy atom. The maximum atomic E-state index is 12.6. The Morgan fingerprint density at radius 3 is 2.73 bits per heavy atom. The van der Waals surface area contributed by atoms with Crippen LogP contribution in [0.15, 0.2) is 57.7 Å². The first-order valence-electron chi connectivity index (χ1n) is 9.25. The van der Waals surface area contributed by atoms with E-state index in [1.807, 2.05) is 12.1 Å². The molecule has 0 atom stereocenters. The van der Waals surface area contributed by atoms with Crippen LogP contribution in [0.1, 0.15) is 16.8 Å². The van der Waals surface area contributed by atoms with Crippen LogP contribution in [-0.4, -0.2) is 43.0 Å². The molecule has 1 heterocycles. The van der Waals surface area contributed by atoms with E-state index in [0.29, 0.717) is 30.8 Å². The number of hydrogen-bond donors (Lipinski definition) is 1. The van der Waals surface area contributed by atoms with Crippen molar-refractivity contribution in [1.29, 1.82) is 0 Å². The zero-order valence-corrected chi connectivity index (χ0v) is 16.6. The highest BCUT2D eigenvalue weighted by molar-refractivity contribution is 5.95. The Kier molecular flexibility index (Phi) is 6.31. The molecule has 9 nitrogen and oxygen atoms in total. The Balaban J connectivity index is 1.61. The fourth-order valence-electron chi connectivity index (χ4n) is 3.08. The van der Waals surface area contributed by atoms with Gasteiger partial charge >= 0.3 is 11.3 Å². The molecule has 0 bridgehead atoms. The molecular formula is C21H21N3O6. The highest BCUT2D eigenvalue weighted by Crippen LogP contribution is 2.28. The molecule has 156 valence electrons. The molecule has 1 amide bonds. The third-order valence-electron chi connectivity index (χ3n) is 4.60. The highest BCUT2D eigenvalue weighted by Gasteiger charge is 2.20. The van der Waals surface area contributed by atoms with Crippen molar-refractivity contribution >= 4 is 28.3 Å². The zero-order valence-electron chi connectivity index (χ0n) is 16.6. The van der Waals surface area contributed by atoms with Gasteiger partial charge in [0.05, 0.1) is 17.7 Å². The number of benzene rings is 2. The second-order valence-corrected chi connectivity index (χ2v) is 6.63. The number of amides is 1. The van der Waals surface area contributed by atoms with Gasteiger partial charge in [-0.25, -0.2) is 4.79 Å². The number of fused-ring (bicyclic) bond motifs is 1. The number of ether oxygens (including phenoxy) is 1. The summed E-state index contributed by atoms with van der Waals surface area (Å²) < 4.78 is 10.1. The lowest BCUT2D eigenvalue weighted by Crippen LogP contribution is -2.29. The molecule has 2 aromatic carbocycles. The number of rotatable bonds is 8. The molecule has 0 aliphatic heterocycles. The summed E-state index contributed by atoms with van der Waals surface area (Å²) in [6.07, 6.45) is 0.606. The third-order valence-corrected chi connectivity index (χ3v) is 4.60. The maximum Gasteiger partial charge on any atom is 0.338 e. The lowest BCUT2D eigenvalue weighted by atomic mass is 10.1. The van der Waals surface area contributed by atoms with Gasteiger partial charge in [-0.2, -0.15) is 0 Å². The Morgan fingerprint density at radius 2 is 2.00 bits per heavy atom. The smallest absolute Gasteiger partial charge is 0.338 e. The molecule has 3 aromatic rings. The fourth-order valence-corrected chi connectivity index (χ4v) is 3.08. The number of nitrogens with one attached hydrogen (secondary N) is 1. The van der Waals surface area contributed by atoms with Gasteiger partial charge in [-0.15, -0.1) is 0 Å². The molecule has 0 saturated heterocycles. The molecule has 0 unspecified atom stereocenters. The average molecular weight is 411 g/mol. The van der Waals surface area contributed by atoms with Crippen LogP contribution >= 0.6 is 0 Å². The number of carbonyl (C=O) groups excluding carboxylic acids is 1. The van der Waals surface area contributed by atoms with E-state index < -0.39 is 10.5 Å². The maximum absolute atomic E-state index is 12.6. The quantitative estimate of drug-likeness (QED) is 0.262. The first kappa shape index (κ1) is 20.8. The Labute approximate surface area is 172 Å². The van der Waals surface area contributed by atoms with E-state index >= 15 is 0 Å². The Bertz CT molecular complexity index is 1140. The molecule has 9 heteroatoms. The van der Waals surface area contributed by atoms with E-state index in [2.05, 4.69) is 5.32 Å². The number of anilines is 1. The van der Waals surface area contributed by atoms with E-state index in [9.17, 15) is 19.7 Å². The summed E-state index contributed by atoms with van der Waals surface area (Å²) in [5, 5.41) is 15.1. The van der Waals surface area contributed by atoms with Crippen LogP contribution in [-0.2, 0) is 0 Å². The number of methoxy groups -OCH3 is 1. The third kappa shape index (κ3) is 4.57. The number of hydrogen-bond acceptors (Lipinski definition) is 7. The fraction of sp³-hybridized carbons (Fsp3) is 0.238. The van der Waals surface area contributed by atoms with Gasteiger partial charge in [0.2, 0.25) is 0 Å². The van der Waals surface area contributed by atoms with Crippen molar-refractivity contribution < 1.29 is 18.9 Å². The largest absolute Gasteiger partial charge is 0.490 e. The molecule has 30 heavy (non-hydrogen) atoms. The molecule has 0 radical (unpaired) electrons. The second kappa shape index (κ2) is 9.08. The first-order valence-corrected chi connectivity index (χ1v) is 9.25. The molecule has 0 fully saturated rings. The molecule has 3 rings (SSSR count). The lowest BCUT2D eigenvalue weighted by Gasteiger charge is -2.18. The minimum atomic E-state index is -0.583. The Hall–Kier alpha value is -3.88. The van der Waals surface area contributed by atoms with Crippen LogP contribution in [0.3, 0.4) is 0 Å². The van der Waals surface area contributed by atoms with Crippen LogP contribution in [0.2, 0.25) is 0 Å². The molecular weight excluding hydrogens is 390 g/mol. The minimum Gasteiger partial charge on any atom is -0.490 e. The number of carbonyl (C=O) groups is 1. The standard InChI is InChI=1S/C21H21N3O6/c1-23(21(26)14-8-9-19(29-2)17(12-14)24(27)28)11-5-10-22-16-13-20(25)30-18-7-4-3-6-15(16)18/h3-4,6-9,12-13,22H,5,10-11H2,1-2H3. The van der Waals surface area contributed by atoms with Crippen molar-refractivity contribution in [3.63, 3.8) is 0 Å². The number of nitro benzene ring substituents is 1. The SMILES string of the molecule is COc1ccc(C(=O)N(C)CCCNc2cc(=O)oc3ccccc23)cc1[N+](=O)[O-]. The number of nitro groups is 1. The second-order valence-electron chi connectivity index (χ2n) is 6.63. The van der Waals surface area contributed by atoms with Gasteiger partial charge in [-0.3, -0.25) is 14.9 Å². The van der Waals surface area contributed by atoms with Gasteiger partial charge in [0, 0.05) is 43.2 Å². The van der Waals surface area contributed by atoms with E-state index in [1.165, 1.54) is 36.3 Å². The predicted molar refractivity (Wildman–Crippen MR) is 112 cm³/mol. The van der Waals surface area contributed by atoms with Gasteiger partial charge in [0.1, 0.15) is 5.58 Å². The minimum absolute atomic E-state index is 0.1000. The van der Waals surface area contributed by atoms with Crippen molar-refractivity contribution in [2.75, 3.05) is 32.6 Å². The first-order chi connectivity index (χ1) is 14.4. The highest BCUT2D eigenvalue weighted by atomic mass is 16.6. The summed E-state index contributed by atoms with van der Waals surface area (Å²) in [7, 11) is 2.97. The van der Waals surface area contributed by atoms with Gasteiger partial charge in [-0.05, 0) is 30.7 Å². The summed E-state index contributed by atoms with van der Waals surface area (Å²) in [5.74, 6) is -0.227. The van der Waals surface area contributed by atoms with Gasteiger partial charge in [-0.1, -0.05) is 12.1 Å². The van der Waals surface area contributed by atoms with E-state index in [-0.39, 0.29) is 22.9 Å². The van der Waals surface area contributed by atoms with Crippen molar-refractivity contribution in [2.45, 2.75) is 6.42 Å². The van der Waals surface area contributed by atoms with Crippen LogP contribution in [0.5, 0.6) is 5.75 Å². The van der Waals surface area contributed by atoms with Crippen molar-refractivity contribution in [3.8, 4) is 5.75 Å². The van der Waals surface area contributed by atoms with Crippen LogP contribution in [0.4, 0.5) is 11.4 Å². The van der Waals surface area contributed by atoms with E-state index in [4.69, 9.17) is 9.15 Å². The zero-order chi connectivity index (χ0) is 21.7.